The van der Waals surface area contributed by atoms with E-state index in [9.17, 15) is 9.59 Å². The Morgan fingerprint density at radius 1 is 1.12 bits per heavy atom. The molecule has 172 valence electrons. The molecule has 1 saturated heterocycles. The van der Waals surface area contributed by atoms with Gasteiger partial charge >= 0.3 is 6.09 Å². The number of carbonyl (C=O) groups is 2. The topological polar surface area (TPSA) is 87.3 Å². The van der Waals surface area contributed by atoms with Crippen LogP contribution in [0.2, 0.25) is 0 Å². The van der Waals surface area contributed by atoms with Gasteiger partial charge in [0.15, 0.2) is 0 Å². The fourth-order valence-electron chi connectivity index (χ4n) is 5.04. The Balaban J connectivity index is 1.49. The molecule has 7 heteroatoms. The van der Waals surface area contributed by atoms with E-state index in [2.05, 4.69) is 39.6 Å². The molecule has 1 aliphatic heterocycles. The predicted octanol–water partition coefficient (Wildman–Crippen LogP) is 4.78. The molecule has 2 fully saturated rings. The zero-order valence-electron chi connectivity index (χ0n) is 19.3. The SMILES string of the molecule is COC(=O)NC(C(=O)N1CCCC1c1ncc(-c2ccc(C3CCCC3)cc2)[nH]1)C(C)C. The van der Waals surface area contributed by atoms with Crippen LogP contribution < -0.4 is 5.32 Å². The highest BCUT2D eigenvalue weighted by molar-refractivity contribution is 5.86. The molecule has 0 radical (unpaired) electrons. The molecule has 2 unspecified atom stereocenters. The van der Waals surface area contributed by atoms with Gasteiger partial charge in [0.05, 0.1) is 25.0 Å². The van der Waals surface area contributed by atoms with Crippen molar-refractivity contribution < 1.29 is 14.3 Å². The Kier molecular flexibility index (Phi) is 6.82. The van der Waals surface area contributed by atoms with E-state index in [1.54, 1.807) is 0 Å². The number of alkyl carbamates (subject to hydrolysis) is 1. The summed E-state index contributed by atoms with van der Waals surface area (Å²) in [5.41, 5.74) is 3.50. The lowest BCUT2D eigenvalue weighted by molar-refractivity contribution is -0.135. The molecule has 1 aliphatic carbocycles. The van der Waals surface area contributed by atoms with E-state index < -0.39 is 12.1 Å². The maximum Gasteiger partial charge on any atom is 0.407 e. The van der Waals surface area contributed by atoms with Crippen LogP contribution in [0.25, 0.3) is 11.3 Å². The molecule has 32 heavy (non-hydrogen) atoms. The molecule has 2 aromatic rings. The molecule has 2 N–H and O–H groups in total. The number of rotatable bonds is 6. The number of aromatic nitrogens is 2. The van der Waals surface area contributed by atoms with E-state index in [4.69, 9.17) is 4.74 Å². The molecule has 2 heterocycles. The molecule has 2 aliphatic rings. The maximum absolute atomic E-state index is 13.3. The molecule has 1 aromatic heterocycles. The number of nitrogens with one attached hydrogen (secondary N) is 2. The van der Waals surface area contributed by atoms with Gasteiger partial charge in [0, 0.05) is 6.54 Å². The Morgan fingerprint density at radius 3 is 2.50 bits per heavy atom. The van der Waals surface area contributed by atoms with Crippen molar-refractivity contribution in [1.82, 2.24) is 20.2 Å². The summed E-state index contributed by atoms with van der Waals surface area (Å²) in [5, 5.41) is 2.69. The quantitative estimate of drug-likeness (QED) is 0.680. The number of nitrogens with zero attached hydrogens (tertiary/aromatic N) is 2. The summed E-state index contributed by atoms with van der Waals surface area (Å²) in [6.45, 7) is 4.50. The summed E-state index contributed by atoms with van der Waals surface area (Å²) in [4.78, 5) is 34.9. The summed E-state index contributed by atoms with van der Waals surface area (Å²) >= 11 is 0. The van der Waals surface area contributed by atoms with Gasteiger partial charge in [0.25, 0.3) is 0 Å². The van der Waals surface area contributed by atoms with Gasteiger partial charge in [-0.2, -0.15) is 0 Å². The molecular formula is C25H34N4O3. The lowest BCUT2D eigenvalue weighted by Gasteiger charge is -2.30. The second-order valence-corrected chi connectivity index (χ2v) is 9.33. The van der Waals surface area contributed by atoms with Crippen molar-refractivity contribution in [2.75, 3.05) is 13.7 Å². The summed E-state index contributed by atoms with van der Waals surface area (Å²) in [7, 11) is 1.31. The van der Waals surface area contributed by atoms with Crippen molar-refractivity contribution in [3.05, 3.63) is 41.9 Å². The summed E-state index contributed by atoms with van der Waals surface area (Å²) in [5.74, 6) is 1.36. The zero-order valence-corrected chi connectivity index (χ0v) is 19.3. The minimum absolute atomic E-state index is 0.0478. The normalized spacial score (nSPS) is 20.0. The fraction of sp³-hybridized carbons (Fsp3) is 0.560. The van der Waals surface area contributed by atoms with Gasteiger partial charge in [-0.1, -0.05) is 51.0 Å². The molecular weight excluding hydrogens is 404 g/mol. The standard InChI is InChI=1S/C25H34N4O3/c1-16(2)22(28-25(31)32-3)24(30)29-14-6-9-21(29)23-26-15-20(27-23)19-12-10-18(11-13-19)17-7-4-5-8-17/h10-13,15-17,21-22H,4-9,14H2,1-3H3,(H,26,27)(H,28,31). The Labute approximate surface area is 189 Å². The monoisotopic (exact) mass is 438 g/mol. The third-order valence-electron chi connectivity index (χ3n) is 6.89. The molecule has 4 rings (SSSR count). The minimum Gasteiger partial charge on any atom is -0.453 e. The average Bonchev–Trinajstić information content (AvgIpc) is 3.57. The van der Waals surface area contributed by atoms with Gasteiger partial charge in [-0.05, 0) is 48.6 Å². The Bertz CT molecular complexity index is 931. The number of carbonyl (C=O) groups excluding carboxylic acids is 2. The average molecular weight is 439 g/mol. The lowest BCUT2D eigenvalue weighted by Crippen LogP contribution is -2.51. The second kappa shape index (κ2) is 9.76. The van der Waals surface area contributed by atoms with Gasteiger partial charge in [-0.3, -0.25) is 4.79 Å². The number of amides is 2. The number of hydrogen-bond acceptors (Lipinski definition) is 4. The fourth-order valence-corrected chi connectivity index (χ4v) is 5.04. The molecule has 0 bridgehead atoms. The molecule has 2 amide bonds. The highest BCUT2D eigenvalue weighted by Gasteiger charge is 2.37. The summed E-state index contributed by atoms with van der Waals surface area (Å²) in [6, 6.07) is 8.07. The smallest absolute Gasteiger partial charge is 0.407 e. The van der Waals surface area contributed by atoms with Crippen LogP contribution in [0.4, 0.5) is 4.79 Å². The number of benzene rings is 1. The first kappa shape index (κ1) is 22.4. The first-order valence-corrected chi connectivity index (χ1v) is 11.8. The van der Waals surface area contributed by atoms with Crippen molar-refractivity contribution in [1.29, 1.82) is 0 Å². The van der Waals surface area contributed by atoms with E-state index in [1.807, 2.05) is 24.9 Å². The van der Waals surface area contributed by atoms with Gasteiger partial charge in [0.1, 0.15) is 11.9 Å². The molecule has 1 aromatic carbocycles. The van der Waals surface area contributed by atoms with Crippen LogP contribution in [-0.2, 0) is 9.53 Å². The van der Waals surface area contributed by atoms with Gasteiger partial charge in [-0.25, -0.2) is 9.78 Å². The van der Waals surface area contributed by atoms with Crippen LogP contribution in [-0.4, -0.2) is 46.6 Å². The minimum atomic E-state index is -0.624. The lowest BCUT2D eigenvalue weighted by atomic mass is 9.96. The van der Waals surface area contributed by atoms with E-state index >= 15 is 0 Å². The molecule has 2 atom stereocenters. The van der Waals surface area contributed by atoms with Crippen molar-refractivity contribution in [2.45, 2.75) is 70.4 Å². The van der Waals surface area contributed by atoms with E-state index in [-0.39, 0.29) is 17.9 Å². The number of H-pyrrole nitrogens is 1. The number of methoxy groups -OCH3 is 1. The third kappa shape index (κ3) is 4.66. The van der Waals surface area contributed by atoms with Crippen molar-refractivity contribution in [2.24, 2.45) is 5.92 Å². The van der Waals surface area contributed by atoms with Gasteiger partial charge in [-0.15, -0.1) is 0 Å². The van der Waals surface area contributed by atoms with Crippen LogP contribution in [0.3, 0.4) is 0 Å². The predicted molar refractivity (Wildman–Crippen MR) is 123 cm³/mol. The van der Waals surface area contributed by atoms with E-state index in [0.29, 0.717) is 12.5 Å². The van der Waals surface area contributed by atoms with Crippen LogP contribution in [0.1, 0.15) is 75.7 Å². The first-order chi connectivity index (χ1) is 15.5. The largest absolute Gasteiger partial charge is 0.453 e. The number of ether oxygens (including phenoxy) is 1. The van der Waals surface area contributed by atoms with Gasteiger partial charge < -0.3 is 19.9 Å². The summed E-state index contributed by atoms with van der Waals surface area (Å²) in [6.07, 6.45) is 8.28. The van der Waals surface area contributed by atoms with Crippen LogP contribution in [0, 0.1) is 5.92 Å². The molecule has 7 nitrogen and oxygen atoms in total. The maximum atomic E-state index is 13.3. The number of likely N-dealkylation sites (tertiary alicyclic amines) is 1. The second-order valence-electron chi connectivity index (χ2n) is 9.33. The highest BCUT2D eigenvalue weighted by atomic mass is 16.5. The molecule has 0 spiro atoms. The number of imidazole rings is 1. The Hall–Kier alpha value is -2.83. The van der Waals surface area contributed by atoms with E-state index in [1.165, 1.54) is 38.4 Å². The first-order valence-electron chi connectivity index (χ1n) is 11.8. The number of hydrogen-bond donors (Lipinski definition) is 2. The van der Waals surface area contributed by atoms with E-state index in [0.717, 1.165) is 29.9 Å². The van der Waals surface area contributed by atoms with Crippen molar-refractivity contribution in [3.8, 4) is 11.3 Å². The Morgan fingerprint density at radius 2 is 1.84 bits per heavy atom. The zero-order chi connectivity index (χ0) is 22.7. The van der Waals surface area contributed by atoms with Crippen molar-refractivity contribution >= 4 is 12.0 Å². The molecule has 1 saturated carbocycles. The summed E-state index contributed by atoms with van der Waals surface area (Å²) < 4.78 is 4.71. The van der Waals surface area contributed by atoms with Crippen molar-refractivity contribution in [3.63, 3.8) is 0 Å². The van der Waals surface area contributed by atoms with Crippen LogP contribution >= 0.6 is 0 Å². The van der Waals surface area contributed by atoms with Crippen LogP contribution in [0.15, 0.2) is 30.5 Å². The highest BCUT2D eigenvalue weighted by Crippen LogP contribution is 2.35. The number of aromatic amines is 1. The van der Waals surface area contributed by atoms with Gasteiger partial charge in [0.2, 0.25) is 5.91 Å². The van der Waals surface area contributed by atoms with Crippen LogP contribution in [0.5, 0.6) is 0 Å². The third-order valence-corrected chi connectivity index (χ3v) is 6.89.